The molecular weight excluding hydrogens is 314 g/mol. The van der Waals surface area contributed by atoms with Gasteiger partial charge in [-0.1, -0.05) is 49.9 Å². The van der Waals surface area contributed by atoms with E-state index in [1.807, 2.05) is 32.7 Å². The molecule has 2 aromatic rings. The Morgan fingerprint density at radius 2 is 1.88 bits per heavy atom. The van der Waals surface area contributed by atoms with Gasteiger partial charge in [0.15, 0.2) is 0 Å². The molecule has 1 N–H and O–H groups in total. The van der Waals surface area contributed by atoms with E-state index in [0.29, 0.717) is 0 Å². The van der Waals surface area contributed by atoms with Crippen LogP contribution in [-0.2, 0) is 11.2 Å². The second-order valence-corrected chi connectivity index (χ2v) is 6.78. The molecule has 1 aliphatic rings. The number of ether oxygens (including phenoxy) is 1. The van der Waals surface area contributed by atoms with Crippen LogP contribution in [0, 0.1) is 0 Å². The Morgan fingerprint density at radius 1 is 1.08 bits per heavy atom. The summed E-state index contributed by atoms with van der Waals surface area (Å²) in [5, 5.41) is 3.15. The second-order valence-electron chi connectivity index (χ2n) is 5.63. The fourth-order valence-corrected chi connectivity index (χ4v) is 3.79. The first-order chi connectivity index (χ1) is 11.9. The van der Waals surface area contributed by atoms with Crippen LogP contribution in [-0.4, -0.2) is 20.2 Å². The van der Waals surface area contributed by atoms with E-state index in [9.17, 15) is 0 Å². The molecule has 0 fully saturated rings. The third-order valence-corrected chi connectivity index (χ3v) is 5.02. The van der Waals surface area contributed by atoms with Gasteiger partial charge in [-0.25, -0.2) is 0 Å². The zero-order valence-electron chi connectivity index (χ0n) is 15.0. The molecule has 0 saturated carbocycles. The monoisotopic (exact) mass is 343 g/mol. The summed E-state index contributed by atoms with van der Waals surface area (Å²) in [4.78, 5) is 2.58. The smallest absolute Gasteiger partial charge is 0.0828 e. The molecule has 3 rings (SSSR count). The average molecular weight is 344 g/mol. The Hall–Kier alpha value is -1.29. The van der Waals surface area contributed by atoms with Gasteiger partial charge in [-0.3, -0.25) is 0 Å². The zero-order chi connectivity index (χ0) is 17.2. The number of hydrogen-bond donors (Lipinski definition) is 1. The first kappa shape index (κ1) is 19.0. The summed E-state index contributed by atoms with van der Waals surface area (Å²) in [7, 11) is 1.97. The summed E-state index contributed by atoms with van der Waals surface area (Å²) >= 11 is 1.82. The number of aryl methyl sites for hydroxylation is 1. The molecule has 1 unspecified atom stereocenters. The van der Waals surface area contributed by atoms with Crippen LogP contribution in [0.4, 0.5) is 0 Å². The molecule has 0 bridgehead atoms. The van der Waals surface area contributed by atoms with Crippen molar-refractivity contribution in [3.8, 4) is 0 Å². The number of hydrogen-bond acceptors (Lipinski definition) is 3. The molecule has 0 aromatic heterocycles. The van der Waals surface area contributed by atoms with Gasteiger partial charge >= 0.3 is 0 Å². The molecule has 2 nitrogen and oxygen atoms in total. The number of likely N-dealkylation sites (N-methyl/N-ethyl adjacent to an activating group) is 1. The van der Waals surface area contributed by atoms with E-state index in [1.165, 1.54) is 33.8 Å². The molecule has 0 radical (unpaired) electrons. The van der Waals surface area contributed by atoms with E-state index in [1.54, 1.807) is 0 Å². The van der Waals surface area contributed by atoms with Crippen molar-refractivity contribution in [3.05, 3.63) is 59.7 Å². The van der Waals surface area contributed by atoms with Crippen LogP contribution in [0.15, 0.2) is 58.3 Å². The fraction of sp³-hybridized carbons (Fsp3) is 0.429. The van der Waals surface area contributed by atoms with E-state index in [4.69, 9.17) is 4.74 Å². The van der Waals surface area contributed by atoms with Gasteiger partial charge in [-0.15, -0.1) is 0 Å². The van der Waals surface area contributed by atoms with Crippen LogP contribution in [0.2, 0.25) is 0 Å². The molecule has 1 atom stereocenters. The van der Waals surface area contributed by atoms with Crippen LogP contribution in [0.5, 0.6) is 0 Å². The molecular formula is C21H29NOS. The maximum absolute atomic E-state index is 6.08. The van der Waals surface area contributed by atoms with Gasteiger partial charge in [0.1, 0.15) is 0 Å². The number of fused-ring (bicyclic) bond motifs is 1. The van der Waals surface area contributed by atoms with Crippen LogP contribution in [0.1, 0.15) is 43.9 Å². The summed E-state index contributed by atoms with van der Waals surface area (Å²) in [5.41, 5.74) is 2.85. The first-order valence-electron chi connectivity index (χ1n) is 8.99. The quantitative estimate of drug-likeness (QED) is 0.702. The summed E-state index contributed by atoms with van der Waals surface area (Å²) in [5.74, 6) is 0. The Balaban J connectivity index is 0.00000100. The van der Waals surface area contributed by atoms with Crippen molar-refractivity contribution in [2.75, 3.05) is 20.2 Å². The SMILES string of the molecule is CC.CNCCOC1CCCc2ccc(Sc3ccccc3)cc21. The molecule has 0 aliphatic heterocycles. The van der Waals surface area contributed by atoms with Crippen molar-refractivity contribution in [1.82, 2.24) is 5.32 Å². The molecule has 130 valence electrons. The van der Waals surface area contributed by atoms with Crippen LogP contribution >= 0.6 is 11.8 Å². The standard InChI is InChI=1S/C19H23NOS.C2H6/c1-20-12-13-21-19-9-5-6-15-10-11-17(14-18(15)19)22-16-7-3-2-4-8-16;1-2/h2-4,7-8,10-11,14,19-20H,5-6,9,12-13H2,1H3;1-2H3. The van der Waals surface area contributed by atoms with E-state index in [-0.39, 0.29) is 6.10 Å². The van der Waals surface area contributed by atoms with Gasteiger partial charge in [0.05, 0.1) is 12.7 Å². The van der Waals surface area contributed by atoms with Gasteiger partial charge in [0, 0.05) is 16.3 Å². The molecule has 2 aromatic carbocycles. The van der Waals surface area contributed by atoms with Crippen molar-refractivity contribution in [3.63, 3.8) is 0 Å². The normalized spacial score (nSPS) is 16.0. The van der Waals surface area contributed by atoms with Gasteiger partial charge in [-0.2, -0.15) is 0 Å². The van der Waals surface area contributed by atoms with E-state index < -0.39 is 0 Å². The molecule has 3 heteroatoms. The minimum absolute atomic E-state index is 0.258. The lowest BCUT2D eigenvalue weighted by molar-refractivity contribution is 0.0433. The average Bonchev–Trinajstić information content (AvgIpc) is 2.65. The second kappa shape index (κ2) is 10.5. The molecule has 1 aliphatic carbocycles. The Labute approximate surface area is 151 Å². The number of benzene rings is 2. The van der Waals surface area contributed by atoms with Crippen molar-refractivity contribution < 1.29 is 4.74 Å². The molecule has 0 heterocycles. The third kappa shape index (κ3) is 5.37. The Morgan fingerprint density at radius 3 is 2.62 bits per heavy atom. The molecule has 0 saturated heterocycles. The van der Waals surface area contributed by atoms with Crippen LogP contribution < -0.4 is 5.32 Å². The number of rotatable bonds is 6. The first-order valence-corrected chi connectivity index (χ1v) is 9.80. The van der Waals surface area contributed by atoms with Gasteiger partial charge in [0.25, 0.3) is 0 Å². The minimum Gasteiger partial charge on any atom is -0.372 e. The highest BCUT2D eigenvalue weighted by molar-refractivity contribution is 7.99. The van der Waals surface area contributed by atoms with Crippen molar-refractivity contribution in [2.45, 2.75) is 49.0 Å². The summed E-state index contributed by atoms with van der Waals surface area (Å²) in [6, 6.07) is 17.4. The summed E-state index contributed by atoms with van der Waals surface area (Å²) < 4.78 is 6.08. The maximum atomic E-state index is 6.08. The van der Waals surface area contributed by atoms with Crippen LogP contribution in [0.25, 0.3) is 0 Å². The highest BCUT2D eigenvalue weighted by Crippen LogP contribution is 2.36. The lowest BCUT2D eigenvalue weighted by atomic mass is 9.89. The van der Waals surface area contributed by atoms with Gasteiger partial charge in [0.2, 0.25) is 0 Å². The summed E-state index contributed by atoms with van der Waals surface area (Å²) in [6.45, 7) is 5.68. The predicted molar refractivity (Wildman–Crippen MR) is 104 cm³/mol. The topological polar surface area (TPSA) is 21.3 Å². The molecule has 24 heavy (non-hydrogen) atoms. The number of nitrogens with one attached hydrogen (secondary N) is 1. The predicted octanol–water partition coefficient (Wildman–Crippen LogP) is 5.48. The Kier molecular flexibility index (Phi) is 8.37. The minimum atomic E-state index is 0.258. The summed E-state index contributed by atoms with van der Waals surface area (Å²) in [6.07, 6.45) is 3.80. The van der Waals surface area contributed by atoms with Gasteiger partial charge < -0.3 is 10.1 Å². The zero-order valence-corrected chi connectivity index (χ0v) is 15.9. The Bertz CT molecular complexity index is 600. The highest BCUT2D eigenvalue weighted by Gasteiger charge is 2.21. The molecule has 0 spiro atoms. The van der Waals surface area contributed by atoms with E-state index >= 15 is 0 Å². The highest BCUT2D eigenvalue weighted by atomic mass is 32.2. The van der Waals surface area contributed by atoms with Crippen molar-refractivity contribution in [1.29, 1.82) is 0 Å². The van der Waals surface area contributed by atoms with E-state index in [2.05, 4.69) is 53.8 Å². The van der Waals surface area contributed by atoms with Crippen LogP contribution in [0.3, 0.4) is 0 Å². The third-order valence-electron chi connectivity index (χ3n) is 4.03. The lowest BCUT2D eigenvalue weighted by Crippen LogP contribution is -2.19. The van der Waals surface area contributed by atoms with Crippen molar-refractivity contribution in [2.24, 2.45) is 0 Å². The van der Waals surface area contributed by atoms with Gasteiger partial charge in [-0.05, 0) is 61.7 Å². The molecule has 0 amide bonds. The fourth-order valence-electron chi connectivity index (χ4n) is 2.90. The van der Waals surface area contributed by atoms with E-state index in [0.717, 1.165) is 19.6 Å². The lowest BCUT2D eigenvalue weighted by Gasteiger charge is -2.26. The largest absolute Gasteiger partial charge is 0.372 e. The van der Waals surface area contributed by atoms with Crippen molar-refractivity contribution >= 4 is 11.8 Å². The maximum Gasteiger partial charge on any atom is 0.0828 e.